The van der Waals surface area contributed by atoms with Crippen LogP contribution in [0.25, 0.3) is 0 Å². The van der Waals surface area contributed by atoms with Gasteiger partial charge >= 0.3 is 0 Å². The second kappa shape index (κ2) is 4.80. The highest BCUT2D eigenvalue weighted by atomic mass is 15.4. The van der Waals surface area contributed by atoms with Gasteiger partial charge in [-0.25, -0.2) is 9.97 Å². The van der Waals surface area contributed by atoms with Crippen LogP contribution in [0.2, 0.25) is 0 Å². The van der Waals surface area contributed by atoms with Crippen molar-refractivity contribution in [2.45, 2.75) is 12.5 Å². The van der Waals surface area contributed by atoms with E-state index in [0.29, 0.717) is 0 Å². The van der Waals surface area contributed by atoms with E-state index in [1.165, 1.54) is 6.33 Å². The van der Waals surface area contributed by atoms with Crippen LogP contribution in [-0.4, -0.2) is 32.0 Å². The molecule has 2 aromatic rings. The second-order valence-electron chi connectivity index (χ2n) is 3.60. The van der Waals surface area contributed by atoms with Crippen LogP contribution in [0, 0.1) is 0 Å². The van der Waals surface area contributed by atoms with Gasteiger partial charge in [0.2, 0.25) is 0 Å². The average Bonchev–Trinajstić information content (AvgIpc) is 2.73. The second-order valence-corrected chi connectivity index (χ2v) is 3.60. The molecule has 0 amide bonds. The van der Waals surface area contributed by atoms with Crippen molar-refractivity contribution in [3.05, 3.63) is 36.2 Å². The Hall–Kier alpha value is -1.82. The van der Waals surface area contributed by atoms with Gasteiger partial charge in [-0.2, -0.15) is 0 Å². The summed E-state index contributed by atoms with van der Waals surface area (Å²) in [4.78, 5) is 8.02. The molecule has 0 fully saturated rings. The lowest BCUT2D eigenvalue weighted by Gasteiger charge is -2.13. The van der Waals surface area contributed by atoms with Gasteiger partial charge in [0, 0.05) is 43.7 Å². The number of hydrogen-bond donors (Lipinski definition) is 1. The fourth-order valence-electron chi connectivity index (χ4n) is 1.58. The molecule has 0 bridgehead atoms. The van der Waals surface area contributed by atoms with Gasteiger partial charge in [-0.3, -0.25) is 4.68 Å². The van der Waals surface area contributed by atoms with Crippen molar-refractivity contribution in [1.82, 2.24) is 30.3 Å². The molecule has 2 heterocycles. The third-order valence-electron chi connectivity index (χ3n) is 2.39. The molecule has 2 aromatic heterocycles. The average molecular weight is 218 g/mol. The zero-order chi connectivity index (χ0) is 11.4. The van der Waals surface area contributed by atoms with Gasteiger partial charge in [-0.1, -0.05) is 5.21 Å². The van der Waals surface area contributed by atoms with Crippen molar-refractivity contribution in [1.29, 1.82) is 0 Å². The smallest absolute Gasteiger partial charge is 0.115 e. The molecule has 0 spiro atoms. The lowest BCUT2D eigenvalue weighted by Crippen LogP contribution is -2.19. The van der Waals surface area contributed by atoms with E-state index in [0.717, 1.165) is 17.7 Å². The maximum Gasteiger partial charge on any atom is 0.115 e. The molecule has 2 rings (SSSR count). The molecule has 6 nitrogen and oxygen atoms in total. The number of rotatable bonds is 4. The molecule has 0 saturated heterocycles. The zero-order valence-corrected chi connectivity index (χ0v) is 9.33. The summed E-state index contributed by atoms with van der Waals surface area (Å²) in [6.07, 6.45) is 7.83. The van der Waals surface area contributed by atoms with Crippen LogP contribution < -0.4 is 5.32 Å². The van der Waals surface area contributed by atoms with Gasteiger partial charge in [-0.05, 0) is 7.05 Å². The highest BCUT2D eigenvalue weighted by Gasteiger charge is 2.12. The summed E-state index contributed by atoms with van der Waals surface area (Å²) in [5.74, 6) is 0. The minimum Gasteiger partial charge on any atom is -0.313 e. The van der Waals surface area contributed by atoms with Crippen molar-refractivity contribution < 1.29 is 0 Å². The number of nitrogens with zero attached hydrogens (tertiary/aromatic N) is 5. The molecule has 6 heteroatoms. The molecular formula is C10H14N6. The molecule has 84 valence electrons. The van der Waals surface area contributed by atoms with E-state index >= 15 is 0 Å². The largest absolute Gasteiger partial charge is 0.313 e. The first-order valence-corrected chi connectivity index (χ1v) is 5.07. The minimum atomic E-state index is 0.165. The van der Waals surface area contributed by atoms with Gasteiger partial charge in [0.1, 0.15) is 6.33 Å². The lowest BCUT2D eigenvalue weighted by molar-refractivity contribution is 0.579. The van der Waals surface area contributed by atoms with Gasteiger partial charge in [-0.15, -0.1) is 5.10 Å². The Bertz CT molecular complexity index is 438. The van der Waals surface area contributed by atoms with Crippen LogP contribution >= 0.6 is 0 Å². The molecular weight excluding hydrogens is 204 g/mol. The summed E-state index contributed by atoms with van der Waals surface area (Å²) >= 11 is 0. The fraction of sp³-hybridized carbons (Fsp3) is 0.400. The number of likely N-dealkylation sites (N-methyl/N-ethyl adjacent to an activating group) is 1. The van der Waals surface area contributed by atoms with Crippen LogP contribution in [0.4, 0.5) is 0 Å². The monoisotopic (exact) mass is 218 g/mol. The number of aromatic nitrogens is 5. The Morgan fingerprint density at radius 1 is 1.38 bits per heavy atom. The van der Waals surface area contributed by atoms with E-state index in [9.17, 15) is 0 Å². The normalized spacial score (nSPS) is 12.6. The SMILES string of the molecule is CNC(Cc1cn(C)nn1)c1cncnc1. The maximum absolute atomic E-state index is 4.06. The Kier molecular flexibility index (Phi) is 3.21. The summed E-state index contributed by atoms with van der Waals surface area (Å²) in [7, 11) is 3.77. The number of nitrogens with one attached hydrogen (secondary N) is 1. The van der Waals surface area contributed by atoms with Crippen LogP contribution in [0.1, 0.15) is 17.3 Å². The van der Waals surface area contributed by atoms with E-state index < -0.39 is 0 Å². The molecule has 1 N–H and O–H groups in total. The standard InChI is InChI=1S/C10H14N6/c1-11-10(8-4-12-7-13-5-8)3-9-6-16(2)15-14-9/h4-7,10-11H,3H2,1-2H3. The Balaban J connectivity index is 2.12. The molecule has 0 aliphatic carbocycles. The molecule has 1 atom stereocenters. The fourth-order valence-corrected chi connectivity index (χ4v) is 1.58. The third kappa shape index (κ3) is 2.40. The van der Waals surface area contributed by atoms with Gasteiger partial charge < -0.3 is 5.32 Å². The van der Waals surface area contributed by atoms with E-state index in [-0.39, 0.29) is 6.04 Å². The highest BCUT2D eigenvalue weighted by Crippen LogP contribution is 2.14. The third-order valence-corrected chi connectivity index (χ3v) is 2.39. The summed E-state index contributed by atoms with van der Waals surface area (Å²) < 4.78 is 1.70. The van der Waals surface area contributed by atoms with E-state index in [4.69, 9.17) is 0 Å². The summed E-state index contributed by atoms with van der Waals surface area (Å²) in [5.41, 5.74) is 2.00. The van der Waals surface area contributed by atoms with Crippen LogP contribution in [0.3, 0.4) is 0 Å². The van der Waals surface area contributed by atoms with Gasteiger partial charge in [0.05, 0.1) is 5.69 Å². The molecule has 0 saturated carbocycles. The van der Waals surface area contributed by atoms with Gasteiger partial charge in [0.25, 0.3) is 0 Å². The first-order chi connectivity index (χ1) is 7.79. The minimum absolute atomic E-state index is 0.165. The Labute approximate surface area is 93.7 Å². The molecule has 0 aliphatic heterocycles. The molecule has 0 aromatic carbocycles. The topological polar surface area (TPSA) is 68.5 Å². The molecule has 16 heavy (non-hydrogen) atoms. The molecule has 0 aliphatic rings. The maximum atomic E-state index is 4.06. The molecule has 0 radical (unpaired) electrons. The first kappa shape index (κ1) is 10.7. The van der Waals surface area contributed by atoms with Crippen molar-refractivity contribution in [3.63, 3.8) is 0 Å². The number of aryl methyl sites for hydroxylation is 1. The van der Waals surface area contributed by atoms with Gasteiger partial charge in [0.15, 0.2) is 0 Å². The summed E-state index contributed by atoms with van der Waals surface area (Å²) in [5, 5.41) is 11.2. The molecule has 1 unspecified atom stereocenters. The van der Waals surface area contributed by atoms with E-state index in [1.807, 2.05) is 32.7 Å². The van der Waals surface area contributed by atoms with Crippen LogP contribution in [0.15, 0.2) is 24.9 Å². The van der Waals surface area contributed by atoms with E-state index in [2.05, 4.69) is 25.6 Å². The quantitative estimate of drug-likeness (QED) is 0.788. The predicted molar refractivity (Wildman–Crippen MR) is 58.5 cm³/mol. The van der Waals surface area contributed by atoms with Crippen molar-refractivity contribution in [2.24, 2.45) is 7.05 Å². The summed E-state index contributed by atoms with van der Waals surface area (Å²) in [6.45, 7) is 0. The van der Waals surface area contributed by atoms with Crippen LogP contribution in [0.5, 0.6) is 0 Å². The first-order valence-electron chi connectivity index (χ1n) is 5.07. The lowest BCUT2D eigenvalue weighted by atomic mass is 10.1. The van der Waals surface area contributed by atoms with Crippen molar-refractivity contribution in [2.75, 3.05) is 7.05 Å². The Morgan fingerprint density at radius 3 is 2.69 bits per heavy atom. The zero-order valence-electron chi connectivity index (χ0n) is 9.33. The van der Waals surface area contributed by atoms with Crippen LogP contribution in [-0.2, 0) is 13.5 Å². The van der Waals surface area contributed by atoms with E-state index in [1.54, 1.807) is 4.68 Å². The highest BCUT2D eigenvalue weighted by molar-refractivity contribution is 5.12. The Morgan fingerprint density at radius 2 is 2.12 bits per heavy atom. The number of hydrogen-bond acceptors (Lipinski definition) is 5. The summed E-state index contributed by atoms with van der Waals surface area (Å²) in [6, 6.07) is 0.165. The predicted octanol–water partition coefficient (Wildman–Crippen LogP) is 0.108. The van der Waals surface area contributed by atoms with Crippen molar-refractivity contribution in [3.8, 4) is 0 Å². The van der Waals surface area contributed by atoms with Crippen molar-refractivity contribution >= 4 is 0 Å².